The molecule has 14 heavy (non-hydrogen) atoms. The lowest BCUT2D eigenvalue weighted by Gasteiger charge is -2.01. The Morgan fingerprint density at radius 2 is 2.00 bits per heavy atom. The maximum Gasteiger partial charge on any atom is 0.308 e. The third-order valence-electron chi connectivity index (χ3n) is 1.60. The number of benzene rings is 1. The minimum atomic E-state index is -0.364. The lowest BCUT2D eigenvalue weighted by atomic mass is 10.1. The van der Waals surface area contributed by atoms with E-state index in [0.29, 0.717) is 11.3 Å². The molecule has 0 aliphatic rings. The topological polar surface area (TPSA) is 50.1 Å². The average Bonchev–Trinajstić information content (AvgIpc) is 2.17. The monoisotopic (exact) mass is 187 g/mol. The second kappa shape index (κ2) is 4.24. The van der Waals surface area contributed by atoms with Crippen LogP contribution in [-0.4, -0.2) is 5.97 Å². The summed E-state index contributed by atoms with van der Waals surface area (Å²) in [5, 5.41) is 8.57. The number of hydrogen-bond acceptors (Lipinski definition) is 3. The molecule has 1 aromatic carbocycles. The molecule has 0 aliphatic carbocycles. The van der Waals surface area contributed by atoms with Crippen molar-refractivity contribution in [1.82, 2.24) is 0 Å². The smallest absolute Gasteiger partial charge is 0.308 e. The number of ether oxygens (including phenoxy) is 1. The van der Waals surface area contributed by atoms with E-state index in [4.69, 9.17) is 10.00 Å². The fourth-order valence-electron chi connectivity index (χ4n) is 0.955. The maximum absolute atomic E-state index is 10.6. The van der Waals surface area contributed by atoms with Gasteiger partial charge in [0.05, 0.1) is 11.6 Å². The van der Waals surface area contributed by atoms with E-state index in [0.717, 1.165) is 5.56 Å². The van der Waals surface area contributed by atoms with E-state index < -0.39 is 0 Å². The Morgan fingerprint density at radius 3 is 2.43 bits per heavy atom. The summed E-state index contributed by atoms with van der Waals surface area (Å²) in [7, 11) is 0. The summed E-state index contributed by atoms with van der Waals surface area (Å²) in [6, 6.07) is 8.56. The van der Waals surface area contributed by atoms with E-state index in [1.165, 1.54) is 6.92 Å². The first-order valence-corrected chi connectivity index (χ1v) is 4.01. The van der Waals surface area contributed by atoms with Crippen molar-refractivity contribution >= 4 is 11.5 Å². The molecular formula is C11H9NO2. The zero-order valence-corrected chi connectivity index (χ0v) is 7.78. The van der Waals surface area contributed by atoms with Crippen LogP contribution in [0, 0.1) is 11.3 Å². The van der Waals surface area contributed by atoms with Crippen LogP contribution >= 0.6 is 0 Å². The van der Waals surface area contributed by atoms with Crippen molar-refractivity contribution in [2.45, 2.75) is 6.92 Å². The predicted molar refractivity (Wildman–Crippen MR) is 52.4 cm³/mol. The van der Waals surface area contributed by atoms with Gasteiger partial charge in [0.2, 0.25) is 0 Å². The van der Waals surface area contributed by atoms with Gasteiger partial charge in [-0.15, -0.1) is 0 Å². The second-order valence-corrected chi connectivity index (χ2v) is 2.71. The summed E-state index contributed by atoms with van der Waals surface area (Å²) in [5.74, 6) is 0.101. The van der Waals surface area contributed by atoms with Crippen molar-refractivity contribution in [2.24, 2.45) is 0 Å². The van der Waals surface area contributed by atoms with Crippen molar-refractivity contribution < 1.29 is 9.53 Å². The van der Waals surface area contributed by atoms with Crippen LogP contribution in [0.5, 0.6) is 5.75 Å². The lowest BCUT2D eigenvalue weighted by molar-refractivity contribution is -0.131. The molecule has 70 valence electrons. The van der Waals surface area contributed by atoms with Gasteiger partial charge in [-0.05, 0) is 29.8 Å². The first kappa shape index (κ1) is 10.0. The highest BCUT2D eigenvalue weighted by Crippen LogP contribution is 2.16. The molecule has 0 fully saturated rings. The normalized spacial score (nSPS) is 8.86. The largest absolute Gasteiger partial charge is 0.427 e. The van der Waals surface area contributed by atoms with Crippen LogP contribution in [0.1, 0.15) is 12.5 Å². The van der Waals surface area contributed by atoms with Gasteiger partial charge < -0.3 is 4.74 Å². The molecule has 0 atom stereocenters. The summed E-state index contributed by atoms with van der Waals surface area (Å²) in [6.07, 6.45) is 0. The summed E-state index contributed by atoms with van der Waals surface area (Å²) in [6.45, 7) is 4.90. The molecule has 0 unspecified atom stereocenters. The zero-order valence-electron chi connectivity index (χ0n) is 7.78. The van der Waals surface area contributed by atoms with Crippen LogP contribution in [0.4, 0.5) is 0 Å². The van der Waals surface area contributed by atoms with Crippen molar-refractivity contribution in [1.29, 1.82) is 5.26 Å². The highest BCUT2D eigenvalue weighted by Gasteiger charge is 2.00. The van der Waals surface area contributed by atoms with Crippen molar-refractivity contribution in [2.75, 3.05) is 0 Å². The summed E-state index contributed by atoms with van der Waals surface area (Å²) >= 11 is 0. The molecular weight excluding hydrogens is 178 g/mol. The molecule has 3 heteroatoms. The highest BCUT2D eigenvalue weighted by molar-refractivity contribution is 5.75. The van der Waals surface area contributed by atoms with E-state index in [1.54, 1.807) is 24.3 Å². The SMILES string of the molecule is C=C(C#N)c1ccc(OC(C)=O)cc1. The maximum atomic E-state index is 10.6. The van der Waals surface area contributed by atoms with E-state index in [9.17, 15) is 4.79 Å². The van der Waals surface area contributed by atoms with Gasteiger partial charge in [0.1, 0.15) is 5.75 Å². The molecule has 0 spiro atoms. The van der Waals surface area contributed by atoms with Crippen LogP contribution in [0.15, 0.2) is 30.8 Å². The van der Waals surface area contributed by atoms with Gasteiger partial charge in [-0.25, -0.2) is 0 Å². The minimum Gasteiger partial charge on any atom is -0.427 e. The lowest BCUT2D eigenvalue weighted by Crippen LogP contribution is -2.00. The Bertz CT molecular complexity index is 398. The van der Waals surface area contributed by atoms with E-state index in [1.807, 2.05) is 6.07 Å². The second-order valence-electron chi connectivity index (χ2n) is 2.71. The molecule has 3 nitrogen and oxygen atoms in total. The number of carbonyl (C=O) groups is 1. The quantitative estimate of drug-likeness (QED) is 0.405. The van der Waals surface area contributed by atoms with Crippen LogP contribution in [0.25, 0.3) is 5.57 Å². The molecule has 0 radical (unpaired) electrons. The van der Waals surface area contributed by atoms with E-state index >= 15 is 0 Å². The zero-order chi connectivity index (χ0) is 10.6. The molecule has 0 aliphatic heterocycles. The minimum absolute atomic E-state index is 0.364. The first-order valence-electron chi connectivity index (χ1n) is 4.01. The van der Waals surface area contributed by atoms with Crippen LogP contribution in [0.3, 0.4) is 0 Å². The Labute approximate surface area is 82.2 Å². The van der Waals surface area contributed by atoms with Crippen molar-refractivity contribution in [3.8, 4) is 11.8 Å². The Morgan fingerprint density at radius 1 is 1.43 bits per heavy atom. The van der Waals surface area contributed by atoms with Crippen LogP contribution in [-0.2, 0) is 4.79 Å². The Hall–Kier alpha value is -2.08. The molecule has 0 saturated heterocycles. The van der Waals surface area contributed by atoms with Gasteiger partial charge in [-0.3, -0.25) is 4.79 Å². The van der Waals surface area contributed by atoms with Gasteiger partial charge in [0.15, 0.2) is 0 Å². The van der Waals surface area contributed by atoms with Gasteiger partial charge in [-0.1, -0.05) is 6.58 Å². The molecule has 1 aromatic rings. The fraction of sp³-hybridized carbons (Fsp3) is 0.0909. The number of carbonyl (C=O) groups excluding carboxylic acids is 1. The van der Waals surface area contributed by atoms with E-state index in [-0.39, 0.29) is 5.97 Å². The standard InChI is InChI=1S/C11H9NO2/c1-8(7-12)10-3-5-11(6-4-10)14-9(2)13/h3-6H,1H2,2H3. The molecule has 0 N–H and O–H groups in total. The van der Waals surface area contributed by atoms with Gasteiger partial charge in [-0.2, -0.15) is 5.26 Å². The number of hydrogen-bond donors (Lipinski definition) is 0. The van der Waals surface area contributed by atoms with Crippen molar-refractivity contribution in [3.05, 3.63) is 36.4 Å². The van der Waals surface area contributed by atoms with Crippen LogP contribution in [0.2, 0.25) is 0 Å². The Balaban J connectivity index is 2.85. The number of allylic oxidation sites excluding steroid dienone is 1. The third kappa shape index (κ3) is 2.46. The number of nitriles is 1. The summed E-state index contributed by atoms with van der Waals surface area (Å²) in [5.41, 5.74) is 1.11. The fourth-order valence-corrected chi connectivity index (χ4v) is 0.955. The number of rotatable bonds is 2. The number of nitrogens with zero attached hydrogens (tertiary/aromatic N) is 1. The summed E-state index contributed by atoms with van der Waals surface area (Å²) in [4.78, 5) is 10.6. The first-order chi connectivity index (χ1) is 6.63. The van der Waals surface area contributed by atoms with Gasteiger partial charge >= 0.3 is 5.97 Å². The molecule has 0 bridgehead atoms. The van der Waals surface area contributed by atoms with Gasteiger partial charge in [0.25, 0.3) is 0 Å². The average molecular weight is 187 g/mol. The van der Waals surface area contributed by atoms with Crippen molar-refractivity contribution in [3.63, 3.8) is 0 Å². The molecule has 0 aromatic heterocycles. The number of esters is 1. The third-order valence-corrected chi connectivity index (χ3v) is 1.60. The molecule has 0 amide bonds. The molecule has 0 saturated carbocycles. The van der Waals surface area contributed by atoms with E-state index in [2.05, 4.69) is 6.58 Å². The molecule has 0 heterocycles. The summed E-state index contributed by atoms with van der Waals surface area (Å²) < 4.78 is 4.83. The van der Waals surface area contributed by atoms with Crippen LogP contribution < -0.4 is 4.74 Å². The Kier molecular flexibility index (Phi) is 3.03. The van der Waals surface area contributed by atoms with Gasteiger partial charge in [0, 0.05) is 6.92 Å². The predicted octanol–water partition coefficient (Wildman–Crippen LogP) is 2.15. The molecule has 1 rings (SSSR count). The highest BCUT2D eigenvalue weighted by atomic mass is 16.5.